The van der Waals surface area contributed by atoms with Crippen LogP contribution in [0.3, 0.4) is 0 Å². The predicted octanol–water partition coefficient (Wildman–Crippen LogP) is 3.03. The molecular weight excluding hydrogens is 311 g/mol. The molecule has 1 fully saturated rings. The van der Waals surface area contributed by atoms with E-state index in [9.17, 15) is 18.0 Å². The molecule has 1 unspecified atom stereocenters. The minimum absolute atomic E-state index is 0.0160. The van der Waals surface area contributed by atoms with E-state index in [1.807, 2.05) is 0 Å². The molecule has 0 spiro atoms. The number of hydrogen-bond donors (Lipinski definition) is 0. The van der Waals surface area contributed by atoms with E-state index in [1.54, 1.807) is 12.0 Å². The summed E-state index contributed by atoms with van der Waals surface area (Å²) < 4.78 is 48.3. The van der Waals surface area contributed by atoms with Crippen molar-refractivity contribution in [3.63, 3.8) is 0 Å². The van der Waals surface area contributed by atoms with Crippen molar-refractivity contribution >= 4 is 5.91 Å². The van der Waals surface area contributed by atoms with Gasteiger partial charge < -0.3 is 14.4 Å². The van der Waals surface area contributed by atoms with Crippen LogP contribution in [0.1, 0.15) is 30.1 Å². The van der Waals surface area contributed by atoms with Crippen LogP contribution in [-0.4, -0.2) is 44.2 Å². The minimum Gasteiger partial charge on any atom is -0.385 e. The van der Waals surface area contributed by atoms with Crippen molar-refractivity contribution in [2.45, 2.75) is 25.1 Å². The minimum atomic E-state index is -4.35. The van der Waals surface area contributed by atoms with Crippen LogP contribution >= 0.6 is 0 Å². The molecule has 1 amide bonds. The number of carbonyl (C=O) groups is 1. The van der Waals surface area contributed by atoms with Gasteiger partial charge in [-0.15, -0.1) is 0 Å². The molecule has 23 heavy (non-hydrogen) atoms. The normalized spacial score (nSPS) is 19.0. The van der Waals surface area contributed by atoms with Crippen LogP contribution in [0.4, 0.5) is 13.2 Å². The van der Waals surface area contributed by atoms with Gasteiger partial charge in [0.25, 0.3) is 0 Å². The Balaban J connectivity index is 1.96. The maximum atomic E-state index is 12.6. The van der Waals surface area contributed by atoms with E-state index in [0.717, 1.165) is 12.1 Å². The molecule has 1 aromatic rings. The first-order valence-corrected chi connectivity index (χ1v) is 7.47. The van der Waals surface area contributed by atoms with E-state index in [4.69, 9.17) is 9.47 Å². The van der Waals surface area contributed by atoms with Crippen molar-refractivity contribution in [3.8, 4) is 0 Å². The van der Waals surface area contributed by atoms with Gasteiger partial charge in [-0.05, 0) is 24.1 Å². The van der Waals surface area contributed by atoms with Crippen molar-refractivity contribution in [2.24, 2.45) is 0 Å². The number of amides is 1. The summed E-state index contributed by atoms with van der Waals surface area (Å²) in [6.45, 7) is 1.76. The zero-order valence-corrected chi connectivity index (χ0v) is 12.9. The third kappa shape index (κ3) is 4.94. The summed E-state index contributed by atoms with van der Waals surface area (Å²) in [5.74, 6) is 0.0160. The highest BCUT2D eigenvalue weighted by molar-refractivity contribution is 5.76. The number of methoxy groups -OCH3 is 1. The summed E-state index contributed by atoms with van der Waals surface area (Å²) in [4.78, 5) is 13.8. The standard InChI is InChI=1S/C16H20F3NO3/c1-22-9-2-3-15(21)20-8-10-23-14(11-20)12-4-6-13(7-5-12)16(17,18)19/h4-7,14H,2-3,8-11H2,1H3. The van der Waals surface area contributed by atoms with Gasteiger partial charge in [0.15, 0.2) is 0 Å². The number of halogens is 3. The average molecular weight is 331 g/mol. The van der Waals surface area contributed by atoms with E-state index >= 15 is 0 Å². The summed E-state index contributed by atoms with van der Waals surface area (Å²) in [6.07, 6.45) is -3.70. The molecule has 0 bridgehead atoms. The highest BCUT2D eigenvalue weighted by Gasteiger charge is 2.31. The van der Waals surface area contributed by atoms with Crippen LogP contribution in [0.15, 0.2) is 24.3 Å². The number of carbonyl (C=O) groups excluding carboxylic acids is 1. The molecule has 1 atom stereocenters. The van der Waals surface area contributed by atoms with E-state index in [1.165, 1.54) is 12.1 Å². The number of benzene rings is 1. The molecule has 2 rings (SSSR count). The molecule has 0 aliphatic carbocycles. The molecule has 128 valence electrons. The van der Waals surface area contributed by atoms with Crippen molar-refractivity contribution in [2.75, 3.05) is 33.4 Å². The highest BCUT2D eigenvalue weighted by atomic mass is 19.4. The SMILES string of the molecule is COCCCC(=O)N1CCOC(c2ccc(C(F)(F)F)cc2)C1. The van der Waals surface area contributed by atoms with Crippen molar-refractivity contribution < 1.29 is 27.4 Å². The first-order valence-electron chi connectivity index (χ1n) is 7.47. The fourth-order valence-corrected chi connectivity index (χ4v) is 2.49. The third-order valence-electron chi connectivity index (χ3n) is 3.77. The van der Waals surface area contributed by atoms with Gasteiger partial charge in [0.05, 0.1) is 18.7 Å². The second-order valence-electron chi connectivity index (χ2n) is 5.42. The maximum Gasteiger partial charge on any atom is 0.416 e. The Kier molecular flexibility index (Phi) is 6.01. The Bertz CT molecular complexity index is 516. The summed E-state index contributed by atoms with van der Waals surface area (Å²) in [6, 6.07) is 4.90. The topological polar surface area (TPSA) is 38.8 Å². The summed E-state index contributed by atoms with van der Waals surface area (Å²) in [7, 11) is 1.58. The molecule has 1 heterocycles. The zero-order chi connectivity index (χ0) is 16.9. The average Bonchev–Trinajstić information content (AvgIpc) is 2.54. The number of hydrogen-bond acceptors (Lipinski definition) is 3. The lowest BCUT2D eigenvalue weighted by Crippen LogP contribution is -2.42. The van der Waals surface area contributed by atoms with Crippen LogP contribution in [0.5, 0.6) is 0 Å². The Morgan fingerprint density at radius 3 is 2.65 bits per heavy atom. The molecule has 4 nitrogen and oxygen atoms in total. The maximum absolute atomic E-state index is 12.6. The predicted molar refractivity (Wildman–Crippen MR) is 77.8 cm³/mol. The number of morpholine rings is 1. The van der Waals surface area contributed by atoms with Gasteiger partial charge in [-0.3, -0.25) is 4.79 Å². The van der Waals surface area contributed by atoms with E-state index in [0.29, 0.717) is 44.7 Å². The lowest BCUT2D eigenvalue weighted by Gasteiger charge is -2.33. The Morgan fingerprint density at radius 2 is 2.04 bits per heavy atom. The number of nitrogens with zero attached hydrogens (tertiary/aromatic N) is 1. The lowest BCUT2D eigenvalue weighted by atomic mass is 10.0. The largest absolute Gasteiger partial charge is 0.416 e. The van der Waals surface area contributed by atoms with E-state index in [-0.39, 0.29) is 5.91 Å². The van der Waals surface area contributed by atoms with Gasteiger partial charge in [0.2, 0.25) is 5.91 Å². The zero-order valence-electron chi connectivity index (χ0n) is 12.9. The van der Waals surface area contributed by atoms with Crippen LogP contribution in [-0.2, 0) is 20.4 Å². The number of rotatable bonds is 5. The van der Waals surface area contributed by atoms with Gasteiger partial charge in [-0.2, -0.15) is 13.2 Å². The van der Waals surface area contributed by atoms with Gasteiger partial charge in [-0.25, -0.2) is 0 Å². The molecule has 0 saturated carbocycles. The van der Waals surface area contributed by atoms with Crippen LogP contribution in [0.25, 0.3) is 0 Å². The quantitative estimate of drug-likeness (QED) is 0.779. The Morgan fingerprint density at radius 1 is 1.35 bits per heavy atom. The molecule has 7 heteroatoms. The molecule has 1 saturated heterocycles. The van der Waals surface area contributed by atoms with Crippen LogP contribution in [0, 0.1) is 0 Å². The molecular formula is C16H20F3NO3. The smallest absolute Gasteiger partial charge is 0.385 e. The monoisotopic (exact) mass is 331 g/mol. The molecule has 1 aliphatic heterocycles. The second kappa shape index (κ2) is 7.79. The first-order chi connectivity index (χ1) is 10.9. The Labute approximate surface area is 133 Å². The lowest BCUT2D eigenvalue weighted by molar-refractivity contribution is -0.139. The first kappa shape index (κ1) is 17.7. The molecule has 1 aliphatic rings. The summed E-state index contributed by atoms with van der Waals surface area (Å²) in [5.41, 5.74) is -0.0445. The van der Waals surface area contributed by atoms with Crippen molar-refractivity contribution in [1.29, 1.82) is 0 Å². The molecule has 0 radical (unpaired) electrons. The van der Waals surface area contributed by atoms with Crippen molar-refractivity contribution in [3.05, 3.63) is 35.4 Å². The van der Waals surface area contributed by atoms with Gasteiger partial charge >= 0.3 is 6.18 Å². The fourth-order valence-electron chi connectivity index (χ4n) is 2.49. The second-order valence-corrected chi connectivity index (χ2v) is 5.42. The molecule has 0 aromatic heterocycles. The molecule has 1 aromatic carbocycles. The van der Waals surface area contributed by atoms with E-state index in [2.05, 4.69) is 0 Å². The third-order valence-corrected chi connectivity index (χ3v) is 3.77. The fraction of sp³-hybridized carbons (Fsp3) is 0.562. The van der Waals surface area contributed by atoms with Crippen LogP contribution in [0.2, 0.25) is 0 Å². The highest BCUT2D eigenvalue weighted by Crippen LogP contribution is 2.31. The van der Waals surface area contributed by atoms with Crippen LogP contribution < -0.4 is 0 Å². The Hall–Kier alpha value is -1.60. The number of ether oxygens (including phenoxy) is 2. The van der Waals surface area contributed by atoms with Gasteiger partial charge in [-0.1, -0.05) is 12.1 Å². The number of alkyl halides is 3. The van der Waals surface area contributed by atoms with Gasteiger partial charge in [0.1, 0.15) is 6.10 Å². The summed E-state index contributed by atoms with van der Waals surface area (Å²) in [5, 5.41) is 0. The van der Waals surface area contributed by atoms with Gasteiger partial charge in [0, 0.05) is 26.7 Å². The molecule has 0 N–H and O–H groups in total. The van der Waals surface area contributed by atoms with E-state index < -0.39 is 17.8 Å². The van der Waals surface area contributed by atoms with Crippen molar-refractivity contribution in [1.82, 2.24) is 4.90 Å². The summed E-state index contributed by atoms with van der Waals surface area (Å²) >= 11 is 0.